The Labute approximate surface area is 206 Å². The molecule has 2 heterocycles. The molecule has 1 fully saturated rings. The number of aromatic amines is 1. The van der Waals surface area contributed by atoms with Gasteiger partial charge in [-0.15, -0.1) is 0 Å². The Morgan fingerprint density at radius 1 is 1.31 bits per heavy atom. The van der Waals surface area contributed by atoms with Gasteiger partial charge in [0.1, 0.15) is 17.4 Å². The fraction of sp³-hybridized carbons (Fsp3) is 0.476. The molecule has 1 aromatic carbocycles. The van der Waals surface area contributed by atoms with Crippen LogP contribution in [0, 0.1) is 0 Å². The number of para-hydroxylation sites is 1. The summed E-state index contributed by atoms with van der Waals surface area (Å²) in [5, 5.41) is 13.0. The van der Waals surface area contributed by atoms with E-state index in [1.165, 1.54) is 6.20 Å². The lowest BCUT2D eigenvalue weighted by atomic mass is 10.1. The molecule has 0 radical (unpaired) electrons. The average Bonchev–Trinajstić information content (AvgIpc) is 3.23. The average molecular weight is 530 g/mol. The van der Waals surface area contributed by atoms with Crippen LogP contribution in [0.2, 0.25) is 0 Å². The van der Waals surface area contributed by atoms with Crippen LogP contribution in [0.15, 0.2) is 52.2 Å². The van der Waals surface area contributed by atoms with E-state index >= 15 is 0 Å². The highest BCUT2D eigenvalue weighted by atomic mass is 32.5. The minimum Gasteiger partial charge on any atom is -0.462 e. The second-order valence-corrected chi connectivity index (χ2v) is 11.2. The van der Waals surface area contributed by atoms with Crippen molar-refractivity contribution in [2.45, 2.75) is 44.9 Å². The number of benzene rings is 1. The summed E-state index contributed by atoms with van der Waals surface area (Å²) in [6.45, 7) is 0.658. The predicted octanol–water partition coefficient (Wildman–Crippen LogP) is 1.02. The third kappa shape index (κ3) is 7.31. The van der Waals surface area contributed by atoms with E-state index in [4.69, 9.17) is 35.1 Å². The van der Waals surface area contributed by atoms with E-state index in [-0.39, 0.29) is 19.3 Å². The molecule has 4 unspecified atom stereocenters. The summed E-state index contributed by atoms with van der Waals surface area (Å²) in [6, 6.07) is 8.94. The van der Waals surface area contributed by atoms with Gasteiger partial charge < -0.3 is 28.4 Å². The van der Waals surface area contributed by atoms with E-state index in [0.29, 0.717) is 5.75 Å². The SMILES string of the molecule is CC(C)OC(=O)C(C)NP(=S)(OCC1(CO)COC(n2ccc(=O)[nH]c2=O)O1)Oc1ccccc1. The molecule has 2 aromatic rings. The predicted molar refractivity (Wildman–Crippen MR) is 128 cm³/mol. The number of hydrogen-bond donors (Lipinski definition) is 3. The van der Waals surface area contributed by atoms with Crippen molar-refractivity contribution < 1.29 is 33.2 Å². The number of aliphatic hydroxyl groups excluding tert-OH is 1. The molecule has 1 aromatic heterocycles. The maximum atomic E-state index is 12.4. The first-order valence-corrected chi connectivity index (χ1v) is 13.4. The first-order chi connectivity index (χ1) is 16.5. The van der Waals surface area contributed by atoms with Crippen LogP contribution in [0.3, 0.4) is 0 Å². The van der Waals surface area contributed by atoms with Gasteiger partial charge in [-0.1, -0.05) is 18.2 Å². The lowest BCUT2D eigenvalue weighted by molar-refractivity contribution is -0.159. The number of aromatic nitrogens is 2. The van der Waals surface area contributed by atoms with E-state index in [1.807, 2.05) is 0 Å². The van der Waals surface area contributed by atoms with Gasteiger partial charge in [0.15, 0.2) is 0 Å². The van der Waals surface area contributed by atoms with E-state index in [2.05, 4.69) is 10.1 Å². The highest BCUT2D eigenvalue weighted by Crippen LogP contribution is 2.47. The summed E-state index contributed by atoms with van der Waals surface area (Å²) in [6.07, 6.45) is -0.321. The number of ether oxygens (including phenoxy) is 3. The minimum absolute atomic E-state index is 0.147. The van der Waals surface area contributed by atoms with Gasteiger partial charge in [-0.2, -0.15) is 0 Å². The number of aliphatic hydroxyl groups is 1. The van der Waals surface area contributed by atoms with Crippen LogP contribution in [0.4, 0.5) is 0 Å². The fourth-order valence-corrected chi connectivity index (χ4v) is 5.43. The van der Waals surface area contributed by atoms with Gasteiger partial charge in [-0.3, -0.25) is 19.1 Å². The van der Waals surface area contributed by atoms with Crippen molar-refractivity contribution in [3.8, 4) is 5.75 Å². The first-order valence-electron chi connectivity index (χ1n) is 10.7. The van der Waals surface area contributed by atoms with Crippen LogP contribution in [-0.4, -0.2) is 58.2 Å². The molecule has 1 saturated heterocycles. The molecule has 0 bridgehead atoms. The number of rotatable bonds is 11. The third-order valence-electron chi connectivity index (χ3n) is 4.73. The zero-order valence-corrected chi connectivity index (χ0v) is 21.1. The van der Waals surface area contributed by atoms with Gasteiger partial charge in [0.25, 0.3) is 5.56 Å². The van der Waals surface area contributed by atoms with Crippen molar-refractivity contribution in [1.29, 1.82) is 0 Å². The van der Waals surface area contributed by atoms with Crippen molar-refractivity contribution in [3.05, 3.63) is 63.4 Å². The van der Waals surface area contributed by atoms with E-state index < -0.39 is 48.5 Å². The molecule has 0 aliphatic carbocycles. The summed E-state index contributed by atoms with van der Waals surface area (Å²) in [4.78, 5) is 37.9. The minimum atomic E-state index is -3.39. The van der Waals surface area contributed by atoms with Crippen molar-refractivity contribution in [2.75, 3.05) is 19.8 Å². The van der Waals surface area contributed by atoms with E-state index in [9.17, 15) is 19.5 Å². The Balaban J connectivity index is 1.77. The zero-order valence-electron chi connectivity index (χ0n) is 19.4. The molecular weight excluding hydrogens is 501 g/mol. The van der Waals surface area contributed by atoms with E-state index in [0.717, 1.165) is 10.6 Å². The van der Waals surface area contributed by atoms with Gasteiger partial charge in [-0.05, 0) is 44.7 Å². The normalized spacial score (nSPS) is 22.5. The molecule has 3 N–H and O–H groups in total. The Kier molecular flexibility index (Phi) is 9.00. The topological polar surface area (TPSA) is 150 Å². The molecule has 3 rings (SSSR count). The molecule has 1 aliphatic heterocycles. The molecule has 4 atom stereocenters. The highest BCUT2D eigenvalue weighted by molar-refractivity contribution is 8.09. The lowest BCUT2D eigenvalue weighted by Gasteiger charge is -2.31. The largest absolute Gasteiger partial charge is 0.462 e. The number of carbonyl (C=O) groups is 1. The number of carbonyl (C=O) groups excluding carboxylic acids is 1. The van der Waals surface area contributed by atoms with Crippen LogP contribution in [0.1, 0.15) is 27.2 Å². The standard InChI is InChI=1S/C21H28N3O9PS/c1-14(2)31-18(27)15(3)23-34(35,33-16-7-5-4-6-8-16)30-13-21(11-25)12-29-20(32-21)24-10-9-17(26)22-19(24)28/h4-10,14-15,20,25H,11-13H2,1-3H3,(H,23,35)(H,22,26,28). The lowest BCUT2D eigenvalue weighted by Crippen LogP contribution is -2.43. The van der Waals surface area contributed by atoms with Crippen molar-refractivity contribution in [1.82, 2.24) is 14.6 Å². The Morgan fingerprint density at radius 3 is 2.66 bits per heavy atom. The molecule has 14 heteroatoms. The molecule has 0 amide bonds. The third-order valence-corrected chi connectivity index (χ3v) is 7.21. The van der Waals surface area contributed by atoms with Crippen LogP contribution in [-0.2, 0) is 35.3 Å². The van der Waals surface area contributed by atoms with Crippen molar-refractivity contribution in [2.24, 2.45) is 0 Å². The Hall–Kier alpha value is -2.38. The molecule has 0 saturated carbocycles. The summed E-state index contributed by atoms with van der Waals surface area (Å²) in [5.41, 5.74) is -2.71. The second kappa shape index (κ2) is 11.6. The van der Waals surface area contributed by atoms with Gasteiger partial charge >= 0.3 is 18.3 Å². The van der Waals surface area contributed by atoms with Gasteiger partial charge in [0.2, 0.25) is 6.41 Å². The van der Waals surface area contributed by atoms with Gasteiger partial charge in [0.05, 0.1) is 25.9 Å². The summed E-state index contributed by atoms with van der Waals surface area (Å²) in [7, 11) is 0. The molecular formula is C21H28N3O9PS. The number of esters is 1. The Bertz CT molecular complexity index is 1170. The highest BCUT2D eigenvalue weighted by Gasteiger charge is 2.44. The van der Waals surface area contributed by atoms with Gasteiger partial charge in [0, 0.05) is 12.3 Å². The Morgan fingerprint density at radius 2 is 2.03 bits per heavy atom. The summed E-state index contributed by atoms with van der Waals surface area (Å²) < 4.78 is 29.5. The number of nitrogens with zero attached hydrogens (tertiary/aromatic N) is 1. The van der Waals surface area contributed by atoms with E-state index in [1.54, 1.807) is 51.1 Å². The monoisotopic (exact) mass is 529 g/mol. The molecule has 0 spiro atoms. The molecule has 1 aliphatic rings. The van der Waals surface area contributed by atoms with Gasteiger partial charge in [-0.25, -0.2) is 9.88 Å². The maximum absolute atomic E-state index is 12.4. The van der Waals surface area contributed by atoms with Crippen LogP contribution in [0.25, 0.3) is 0 Å². The molecule has 35 heavy (non-hydrogen) atoms. The number of nitrogens with one attached hydrogen (secondary N) is 2. The number of hydrogen-bond acceptors (Lipinski definition) is 10. The fourth-order valence-electron chi connectivity index (χ4n) is 2.98. The summed E-state index contributed by atoms with van der Waals surface area (Å²) >= 11 is 5.66. The quantitative estimate of drug-likeness (QED) is 0.283. The molecule has 192 valence electrons. The second-order valence-electron chi connectivity index (χ2n) is 8.11. The maximum Gasteiger partial charge on any atom is 0.332 e. The smallest absolute Gasteiger partial charge is 0.332 e. The molecule has 12 nitrogen and oxygen atoms in total. The van der Waals surface area contributed by atoms with Crippen molar-refractivity contribution in [3.63, 3.8) is 0 Å². The van der Waals surface area contributed by atoms with Crippen molar-refractivity contribution >= 4 is 24.4 Å². The van der Waals surface area contributed by atoms with Crippen LogP contribution < -0.4 is 20.9 Å². The zero-order chi connectivity index (χ0) is 25.6. The van der Waals surface area contributed by atoms with Crippen LogP contribution >= 0.6 is 6.64 Å². The van der Waals surface area contributed by atoms with Crippen LogP contribution in [0.5, 0.6) is 5.75 Å². The number of H-pyrrole nitrogens is 1. The first kappa shape index (κ1) is 27.2. The summed E-state index contributed by atoms with van der Waals surface area (Å²) in [5.74, 6) is -0.128.